The highest BCUT2D eigenvalue weighted by Crippen LogP contribution is 1.92. The first-order chi connectivity index (χ1) is 7.88. The lowest BCUT2D eigenvalue weighted by molar-refractivity contribution is 0.865. The van der Waals surface area contributed by atoms with Gasteiger partial charge in [-0.05, 0) is 10.9 Å². The molecule has 0 spiro atoms. The first kappa shape index (κ1) is 12.5. The molecule has 0 saturated heterocycles. The van der Waals surface area contributed by atoms with Crippen molar-refractivity contribution in [3.05, 3.63) is 60.7 Å². The number of benzene rings is 2. The van der Waals surface area contributed by atoms with E-state index in [9.17, 15) is 4.32 Å². The molecule has 0 aliphatic rings. The Morgan fingerprint density at radius 2 is 1.00 bits per heavy atom. The van der Waals surface area contributed by atoms with E-state index in [-0.39, 0.29) is 0 Å². The summed E-state index contributed by atoms with van der Waals surface area (Å²) in [6.07, 6.45) is 0. The van der Waals surface area contributed by atoms with Gasteiger partial charge in [-0.2, -0.15) is 0 Å². The Bertz CT molecular complexity index is 346. The van der Waals surface area contributed by atoms with E-state index in [0.29, 0.717) is 10.9 Å². The van der Waals surface area contributed by atoms with Crippen LogP contribution in [0.5, 0.6) is 0 Å². The summed E-state index contributed by atoms with van der Waals surface area (Å²) in [7, 11) is 0. The zero-order valence-corrected chi connectivity index (χ0v) is 9.73. The van der Waals surface area contributed by atoms with Crippen molar-refractivity contribution in [3.63, 3.8) is 0 Å². The Morgan fingerprint density at radius 1 is 0.688 bits per heavy atom. The van der Waals surface area contributed by atoms with Gasteiger partial charge in [-0.15, -0.1) is 0 Å². The number of halogens is 1. The molecule has 0 bridgehead atoms. The number of hydrogen-bond acceptors (Lipinski definition) is 0. The molecule has 0 fully saturated rings. The van der Waals surface area contributed by atoms with Gasteiger partial charge < -0.3 is 4.32 Å². The Hall–Kier alpha value is -1.57. The van der Waals surface area contributed by atoms with Gasteiger partial charge in [0.15, 0.2) is 0 Å². The summed E-state index contributed by atoms with van der Waals surface area (Å²) < 4.78 is 13.9. The Labute approximate surface area is 97.3 Å². The van der Waals surface area contributed by atoms with Crippen LogP contribution in [0, 0.1) is 0 Å². The van der Waals surface area contributed by atoms with E-state index in [2.05, 4.69) is 0 Å². The fraction of sp³-hybridized carbons (Fsp3) is 0.143. The second kappa shape index (κ2) is 6.83. The Morgan fingerprint density at radius 3 is 1.31 bits per heavy atom. The molecular formula is C14H16BF. The van der Waals surface area contributed by atoms with Crippen molar-refractivity contribution in [2.24, 2.45) is 0 Å². The van der Waals surface area contributed by atoms with Gasteiger partial charge in [0.2, 0.25) is 0 Å². The van der Waals surface area contributed by atoms with E-state index < -0.39 is 6.99 Å². The molecule has 0 unspecified atom stereocenters. The molecule has 0 radical (unpaired) electrons. The van der Waals surface area contributed by atoms with Crippen molar-refractivity contribution in [2.75, 3.05) is 0 Å². The minimum Gasteiger partial charge on any atom is -0.322 e. The third-order valence-electron chi connectivity index (χ3n) is 2.18. The van der Waals surface area contributed by atoms with Crippen LogP contribution in [-0.4, -0.2) is 6.99 Å². The highest BCUT2D eigenvalue weighted by molar-refractivity contribution is 6.79. The summed E-state index contributed by atoms with van der Waals surface area (Å²) in [4.78, 5) is 0. The average Bonchev–Trinajstić information content (AvgIpc) is 2.42. The minimum atomic E-state index is -1.02. The fourth-order valence-corrected chi connectivity index (χ4v) is 1.44. The third-order valence-corrected chi connectivity index (χ3v) is 2.18. The van der Waals surface area contributed by atoms with Crippen LogP contribution in [0.2, 0.25) is 0 Å². The molecule has 2 heteroatoms. The second-order valence-electron chi connectivity index (χ2n) is 3.18. The first-order valence-corrected chi connectivity index (χ1v) is 5.62. The van der Waals surface area contributed by atoms with Crippen molar-refractivity contribution in [1.82, 2.24) is 0 Å². The van der Waals surface area contributed by atoms with Crippen LogP contribution < -0.4 is 10.9 Å². The molecule has 0 nitrogen and oxygen atoms in total. The summed E-state index contributed by atoms with van der Waals surface area (Å²) in [6, 6.07) is 18.4. The summed E-state index contributed by atoms with van der Waals surface area (Å²) in [5, 5.41) is 0. The Balaban J connectivity index is 0.000000606. The van der Waals surface area contributed by atoms with Crippen LogP contribution >= 0.6 is 0 Å². The third kappa shape index (κ3) is 3.23. The zero-order chi connectivity index (χ0) is 11.8. The fourth-order valence-electron chi connectivity index (χ4n) is 1.44. The van der Waals surface area contributed by atoms with E-state index in [4.69, 9.17) is 0 Å². The number of rotatable bonds is 2. The predicted molar refractivity (Wildman–Crippen MR) is 70.4 cm³/mol. The zero-order valence-electron chi connectivity index (χ0n) is 9.73. The molecular weight excluding hydrogens is 198 g/mol. The summed E-state index contributed by atoms with van der Waals surface area (Å²) in [6.45, 7) is 2.98. The highest BCUT2D eigenvalue weighted by atomic mass is 19.1. The lowest BCUT2D eigenvalue weighted by atomic mass is 9.59. The van der Waals surface area contributed by atoms with E-state index in [1.165, 1.54) is 0 Å². The molecule has 2 aromatic carbocycles. The van der Waals surface area contributed by atoms with Crippen molar-refractivity contribution in [3.8, 4) is 0 Å². The van der Waals surface area contributed by atoms with Crippen LogP contribution in [-0.2, 0) is 0 Å². The smallest absolute Gasteiger partial charge is 0.322 e. The lowest BCUT2D eigenvalue weighted by Gasteiger charge is -2.03. The van der Waals surface area contributed by atoms with Crippen molar-refractivity contribution < 1.29 is 4.32 Å². The van der Waals surface area contributed by atoms with Gasteiger partial charge in [-0.1, -0.05) is 74.5 Å². The van der Waals surface area contributed by atoms with Gasteiger partial charge in [0.05, 0.1) is 0 Å². The minimum absolute atomic E-state index is 0.707. The highest BCUT2D eigenvalue weighted by Gasteiger charge is 2.17. The molecule has 0 aliphatic carbocycles. The maximum Gasteiger partial charge on any atom is 0.413 e. The molecule has 0 N–H and O–H groups in total. The predicted octanol–water partition coefficient (Wildman–Crippen LogP) is 2.79. The van der Waals surface area contributed by atoms with Crippen molar-refractivity contribution >= 4 is 17.9 Å². The summed E-state index contributed by atoms with van der Waals surface area (Å²) in [5.41, 5.74) is 1.41. The standard InChI is InChI=1S/C12H10BF.C2H6/c14-13(11-7-3-1-4-8-11)12-9-5-2-6-10-12;1-2/h1-10H;1-2H3. The van der Waals surface area contributed by atoms with Gasteiger partial charge in [0.1, 0.15) is 0 Å². The van der Waals surface area contributed by atoms with Crippen LogP contribution in [0.4, 0.5) is 4.32 Å². The van der Waals surface area contributed by atoms with Crippen LogP contribution in [0.15, 0.2) is 60.7 Å². The van der Waals surface area contributed by atoms with Gasteiger partial charge in [-0.25, -0.2) is 0 Å². The topological polar surface area (TPSA) is 0 Å². The summed E-state index contributed by atoms with van der Waals surface area (Å²) in [5.74, 6) is 0. The first-order valence-electron chi connectivity index (χ1n) is 5.62. The lowest BCUT2D eigenvalue weighted by Crippen LogP contribution is -2.37. The molecule has 0 amide bonds. The van der Waals surface area contributed by atoms with Crippen LogP contribution in [0.3, 0.4) is 0 Å². The van der Waals surface area contributed by atoms with Crippen molar-refractivity contribution in [1.29, 1.82) is 0 Å². The largest absolute Gasteiger partial charge is 0.413 e. The van der Waals surface area contributed by atoms with Crippen molar-refractivity contribution in [2.45, 2.75) is 13.8 Å². The second-order valence-corrected chi connectivity index (χ2v) is 3.18. The molecule has 0 heterocycles. The molecule has 0 aromatic heterocycles. The summed E-state index contributed by atoms with van der Waals surface area (Å²) >= 11 is 0. The van der Waals surface area contributed by atoms with E-state index in [1.807, 2.05) is 50.2 Å². The van der Waals surface area contributed by atoms with Gasteiger partial charge in [0, 0.05) is 0 Å². The molecule has 82 valence electrons. The maximum atomic E-state index is 13.9. The molecule has 16 heavy (non-hydrogen) atoms. The number of hydrogen-bond donors (Lipinski definition) is 0. The average molecular weight is 214 g/mol. The van der Waals surface area contributed by atoms with Gasteiger partial charge in [0.25, 0.3) is 0 Å². The van der Waals surface area contributed by atoms with Crippen LogP contribution in [0.1, 0.15) is 13.8 Å². The monoisotopic (exact) mass is 214 g/mol. The van der Waals surface area contributed by atoms with Gasteiger partial charge >= 0.3 is 6.99 Å². The SMILES string of the molecule is CC.FB(c1ccccc1)c1ccccc1. The van der Waals surface area contributed by atoms with E-state index in [0.717, 1.165) is 0 Å². The van der Waals surface area contributed by atoms with Gasteiger partial charge in [-0.3, -0.25) is 0 Å². The van der Waals surface area contributed by atoms with Crippen LogP contribution in [0.25, 0.3) is 0 Å². The Kier molecular flexibility index (Phi) is 5.34. The van der Waals surface area contributed by atoms with E-state index in [1.54, 1.807) is 24.3 Å². The van der Waals surface area contributed by atoms with E-state index >= 15 is 0 Å². The normalized spacial score (nSPS) is 8.94. The molecule has 0 saturated carbocycles. The molecule has 0 atom stereocenters. The maximum absolute atomic E-state index is 13.9. The quantitative estimate of drug-likeness (QED) is 0.674. The molecule has 2 aromatic rings. The molecule has 2 rings (SSSR count). The molecule has 0 aliphatic heterocycles.